The first-order chi connectivity index (χ1) is 26.0. The van der Waals surface area contributed by atoms with Gasteiger partial charge in [-0.3, -0.25) is 14.4 Å². The number of ether oxygens (including phenoxy) is 2. The third-order valence-corrected chi connectivity index (χ3v) is 10.00. The summed E-state index contributed by atoms with van der Waals surface area (Å²) in [5.74, 6) is -3.27. The fourth-order valence-electron chi connectivity index (χ4n) is 5.75. The van der Waals surface area contributed by atoms with E-state index in [1.54, 1.807) is 59.5 Å². The molecular formula is C40H41F2N3O8S. The number of carbonyl (C=O) groups excluding carboxylic acids is 3. The zero-order valence-corrected chi connectivity index (χ0v) is 30.2. The van der Waals surface area contributed by atoms with Crippen molar-refractivity contribution in [3.05, 3.63) is 131 Å². The van der Waals surface area contributed by atoms with Crippen LogP contribution in [0.1, 0.15) is 54.6 Å². The number of nitrogens with one attached hydrogen (secondary N) is 2. The Morgan fingerprint density at radius 3 is 2.15 bits per heavy atom. The Labute approximate surface area is 315 Å². The minimum atomic E-state index is -1.32. The molecule has 1 fully saturated rings. The summed E-state index contributed by atoms with van der Waals surface area (Å²) < 4.78 is 38.3. The predicted molar refractivity (Wildman–Crippen MR) is 199 cm³/mol. The molecule has 54 heavy (non-hydrogen) atoms. The van der Waals surface area contributed by atoms with Crippen molar-refractivity contribution < 1.29 is 47.6 Å². The van der Waals surface area contributed by atoms with Gasteiger partial charge in [0.05, 0.1) is 18.8 Å². The maximum atomic E-state index is 13.7. The number of aliphatic hydroxyl groups excluding tert-OH is 1. The number of aliphatic hydroxyl groups is 1. The number of carbonyl (C=O) groups is 4. The van der Waals surface area contributed by atoms with Gasteiger partial charge in [-0.05, 0) is 71.6 Å². The number of aliphatic carboxylic acids is 1. The number of unbranched alkanes of at least 4 members (excludes halogenated alkanes) is 1. The number of carboxylic acids is 1. The van der Waals surface area contributed by atoms with Gasteiger partial charge in [-0.1, -0.05) is 67.9 Å². The van der Waals surface area contributed by atoms with E-state index in [9.17, 15) is 38.2 Å². The first-order valence-corrected chi connectivity index (χ1v) is 18.4. The van der Waals surface area contributed by atoms with E-state index < -0.39 is 65.5 Å². The average Bonchev–Trinajstić information content (AvgIpc) is 3.17. The molecule has 1 heterocycles. The van der Waals surface area contributed by atoms with Gasteiger partial charge in [-0.25, -0.2) is 13.6 Å². The Kier molecular flexibility index (Phi) is 14.1. The second kappa shape index (κ2) is 19.1. The number of halogens is 2. The number of amides is 3. The van der Waals surface area contributed by atoms with Crippen molar-refractivity contribution in [3.63, 3.8) is 0 Å². The second-order valence-corrected chi connectivity index (χ2v) is 13.7. The Hall–Kier alpha value is -5.31. The number of rotatable bonds is 19. The number of anilines is 1. The van der Waals surface area contributed by atoms with Crippen LogP contribution in [-0.4, -0.2) is 70.8 Å². The lowest BCUT2D eigenvalue weighted by Crippen LogP contribution is -2.57. The molecule has 4 aromatic rings. The van der Waals surface area contributed by atoms with Gasteiger partial charge >= 0.3 is 5.97 Å². The molecule has 0 bridgehead atoms. The maximum absolute atomic E-state index is 13.7. The topological polar surface area (TPSA) is 154 Å². The van der Waals surface area contributed by atoms with Crippen molar-refractivity contribution in [1.82, 2.24) is 10.6 Å². The minimum absolute atomic E-state index is 0.164. The Bertz CT molecular complexity index is 1870. The number of β-lactam (4-membered cyclic amide) rings is 1. The fourth-order valence-corrected chi connectivity index (χ4v) is 7.05. The van der Waals surface area contributed by atoms with Crippen LogP contribution in [0.25, 0.3) is 0 Å². The van der Waals surface area contributed by atoms with E-state index >= 15 is 0 Å². The normalized spacial score (nSPS) is 16.8. The highest BCUT2D eigenvalue weighted by Gasteiger charge is 2.49. The van der Waals surface area contributed by atoms with E-state index in [0.717, 1.165) is 18.4 Å². The van der Waals surface area contributed by atoms with E-state index in [1.165, 1.54) is 60.3 Å². The Balaban J connectivity index is 1.24. The number of carboxylic acid groups (broad SMARTS) is 1. The van der Waals surface area contributed by atoms with Crippen molar-refractivity contribution in [2.75, 3.05) is 30.5 Å². The lowest BCUT2D eigenvalue weighted by molar-refractivity contribution is -0.144. The van der Waals surface area contributed by atoms with E-state index in [2.05, 4.69) is 10.6 Å². The zero-order chi connectivity index (χ0) is 38.6. The molecule has 1 saturated heterocycles. The molecule has 3 amide bonds. The predicted octanol–water partition coefficient (Wildman–Crippen LogP) is 5.51. The average molecular weight is 762 g/mol. The number of hydrogen-bond donors (Lipinski definition) is 4. The summed E-state index contributed by atoms with van der Waals surface area (Å²) in [5, 5.41) is 24.9. The highest BCUT2D eigenvalue weighted by Crippen LogP contribution is 2.46. The first-order valence-electron chi connectivity index (χ1n) is 17.4. The summed E-state index contributed by atoms with van der Waals surface area (Å²) in [6, 6.07) is 23.1. The summed E-state index contributed by atoms with van der Waals surface area (Å²) in [5.41, 5.74) is 2.16. The molecule has 1 aliphatic rings. The molecule has 5 rings (SSSR count). The van der Waals surface area contributed by atoms with Gasteiger partial charge in [0.15, 0.2) is 12.6 Å². The minimum Gasteiger partial charge on any atom is -0.484 e. The van der Waals surface area contributed by atoms with Gasteiger partial charge < -0.3 is 35.2 Å². The SMILES string of the molecule is CCCCOC[C@H](NC(=O)[C@H](NC(=O)COc1ccc([C@@H]2[C@@H](SCC(O)c3ccc(F)cc3)C(=O)N2c2ccc(F)cc2)cc1)c1ccccc1)C(=O)O. The van der Waals surface area contributed by atoms with Gasteiger partial charge in [0.2, 0.25) is 11.8 Å². The molecule has 5 atom stereocenters. The molecule has 0 radical (unpaired) electrons. The number of thioether (sulfide) groups is 1. The van der Waals surface area contributed by atoms with Crippen LogP contribution in [0.4, 0.5) is 14.5 Å². The highest BCUT2D eigenvalue weighted by atomic mass is 32.2. The second-order valence-electron chi connectivity index (χ2n) is 12.5. The van der Waals surface area contributed by atoms with Crippen LogP contribution in [0.2, 0.25) is 0 Å². The molecule has 14 heteroatoms. The van der Waals surface area contributed by atoms with Crippen molar-refractivity contribution in [2.24, 2.45) is 0 Å². The molecule has 4 N–H and O–H groups in total. The molecule has 4 aromatic carbocycles. The Morgan fingerprint density at radius 1 is 0.870 bits per heavy atom. The standard InChI is InChI=1S/C40H41F2N3O8S/c1-2-3-21-52-22-32(40(50)51)43-38(48)35(26-7-5-4-6-8-26)44-34(47)23-53-31-19-11-27(12-20-31)36-37(39(49)45(36)30-17-15-29(42)16-18-30)54-24-33(46)25-9-13-28(41)14-10-25/h4-20,32-33,35-37,46H,2-3,21-24H2,1H3,(H,43,48)(H,44,47)(H,50,51)/t32-,33?,35+,36+,37+/m0/s1. The van der Waals surface area contributed by atoms with Crippen LogP contribution in [0.3, 0.4) is 0 Å². The van der Waals surface area contributed by atoms with Crippen LogP contribution < -0.4 is 20.3 Å². The molecular weight excluding hydrogens is 721 g/mol. The van der Waals surface area contributed by atoms with Crippen LogP contribution in [0.15, 0.2) is 103 Å². The van der Waals surface area contributed by atoms with Crippen LogP contribution >= 0.6 is 11.8 Å². The molecule has 0 aliphatic carbocycles. The molecule has 0 aromatic heterocycles. The summed E-state index contributed by atoms with van der Waals surface area (Å²) in [6.07, 6.45) is 0.662. The summed E-state index contributed by atoms with van der Waals surface area (Å²) in [7, 11) is 0. The van der Waals surface area contributed by atoms with Crippen molar-refractivity contribution in [1.29, 1.82) is 0 Å². The molecule has 0 saturated carbocycles. The van der Waals surface area contributed by atoms with Gasteiger partial charge in [-0.15, -0.1) is 11.8 Å². The van der Waals surface area contributed by atoms with Gasteiger partial charge in [-0.2, -0.15) is 0 Å². The van der Waals surface area contributed by atoms with Gasteiger partial charge in [0.1, 0.15) is 28.7 Å². The zero-order valence-electron chi connectivity index (χ0n) is 29.4. The van der Waals surface area contributed by atoms with Crippen molar-refractivity contribution in [2.45, 2.75) is 49.2 Å². The molecule has 11 nitrogen and oxygen atoms in total. The van der Waals surface area contributed by atoms with Crippen molar-refractivity contribution >= 4 is 41.1 Å². The first kappa shape index (κ1) is 39.9. The smallest absolute Gasteiger partial charge is 0.328 e. The molecule has 0 spiro atoms. The molecule has 284 valence electrons. The third kappa shape index (κ3) is 10.4. The Morgan fingerprint density at radius 2 is 1.52 bits per heavy atom. The maximum Gasteiger partial charge on any atom is 0.328 e. The van der Waals surface area contributed by atoms with Gasteiger partial charge in [0.25, 0.3) is 5.91 Å². The van der Waals surface area contributed by atoms with Crippen molar-refractivity contribution in [3.8, 4) is 5.75 Å². The summed E-state index contributed by atoms with van der Waals surface area (Å²) >= 11 is 1.25. The van der Waals surface area contributed by atoms with E-state index in [-0.39, 0.29) is 18.3 Å². The lowest BCUT2D eigenvalue weighted by atomic mass is 9.92. The summed E-state index contributed by atoms with van der Waals surface area (Å²) in [4.78, 5) is 53.2. The quantitative estimate of drug-likeness (QED) is 0.0716. The fraction of sp³-hybridized carbons (Fsp3) is 0.300. The highest BCUT2D eigenvalue weighted by molar-refractivity contribution is 8.00. The monoisotopic (exact) mass is 761 g/mol. The molecule has 1 unspecified atom stereocenters. The van der Waals surface area contributed by atoms with Gasteiger partial charge in [0, 0.05) is 18.0 Å². The van der Waals surface area contributed by atoms with E-state index in [0.29, 0.717) is 29.2 Å². The van der Waals surface area contributed by atoms with Crippen LogP contribution in [-0.2, 0) is 23.9 Å². The number of hydrogen-bond acceptors (Lipinski definition) is 8. The number of nitrogens with zero attached hydrogens (tertiary/aromatic N) is 1. The molecule has 1 aliphatic heterocycles. The van der Waals surface area contributed by atoms with Crippen LogP contribution in [0.5, 0.6) is 5.75 Å². The van der Waals surface area contributed by atoms with E-state index in [4.69, 9.17) is 9.47 Å². The summed E-state index contributed by atoms with van der Waals surface area (Å²) in [6.45, 7) is 1.62. The largest absolute Gasteiger partial charge is 0.484 e. The van der Waals surface area contributed by atoms with E-state index in [1.807, 2.05) is 6.92 Å². The number of benzene rings is 4. The third-order valence-electron chi connectivity index (χ3n) is 8.67. The van der Waals surface area contributed by atoms with Crippen LogP contribution in [0, 0.1) is 11.6 Å². The lowest BCUT2D eigenvalue weighted by Gasteiger charge is -2.47.